The lowest BCUT2D eigenvalue weighted by molar-refractivity contribution is -0.125. The molecule has 0 saturated heterocycles. The molecule has 3 atom stereocenters. The van der Waals surface area contributed by atoms with Crippen molar-refractivity contribution in [3.63, 3.8) is 0 Å². The van der Waals surface area contributed by atoms with Gasteiger partial charge in [0.2, 0.25) is 0 Å². The van der Waals surface area contributed by atoms with Gasteiger partial charge in [0.05, 0.1) is 5.56 Å². The molecule has 23 heavy (non-hydrogen) atoms. The molecular formula is C19H27NO3. The van der Waals surface area contributed by atoms with Crippen LogP contribution in [0.2, 0.25) is 0 Å². The maximum atomic E-state index is 12.1. The molecule has 0 bridgehead atoms. The molecule has 1 saturated carbocycles. The minimum absolute atomic E-state index is 0.186. The van der Waals surface area contributed by atoms with Crippen LogP contribution in [-0.4, -0.2) is 24.5 Å². The predicted octanol–water partition coefficient (Wildman–Crippen LogP) is 3.40. The average Bonchev–Trinajstić information content (AvgIpc) is 2.49. The number of hydrogen-bond acceptors (Lipinski definition) is 3. The minimum Gasteiger partial charge on any atom is -0.452 e. The van der Waals surface area contributed by atoms with Gasteiger partial charge in [-0.05, 0) is 43.7 Å². The van der Waals surface area contributed by atoms with Crippen molar-refractivity contribution in [2.24, 2.45) is 11.8 Å². The molecule has 1 fully saturated rings. The summed E-state index contributed by atoms with van der Waals surface area (Å²) < 4.78 is 5.16. The van der Waals surface area contributed by atoms with E-state index in [0.29, 0.717) is 17.4 Å². The Bertz CT molecular complexity index is 582. The number of esters is 1. The van der Waals surface area contributed by atoms with Gasteiger partial charge in [-0.25, -0.2) is 4.79 Å². The molecule has 126 valence electrons. The second-order valence-corrected chi connectivity index (χ2v) is 6.84. The molecule has 4 heteroatoms. The maximum Gasteiger partial charge on any atom is 0.338 e. The lowest BCUT2D eigenvalue weighted by atomic mass is 9.78. The number of amides is 1. The third kappa shape index (κ3) is 4.57. The van der Waals surface area contributed by atoms with Crippen molar-refractivity contribution in [1.82, 2.24) is 5.32 Å². The van der Waals surface area contributed by atoms with Gasteiger partial charge in [-0.15, -0.1) is 0 Å². The number of nitrogens with one attached hydrogen (secondary N) is 1. The van der Waals surface area contributed by atoms with Gasteiger partial charge in [-0.2, -0.15) is 0 Å². The van der Waals surface area contributed by atoms with Crippen molar-refractivity contribution in [3.05, 3.63) is 34.9 Å². The summed E-state index contributed by atoms with van der Waals surface area (Å²) in [5.74, 6) is 0.423. The molecular weight excluding hydrogens is 290 g/mol. The van der Waals surface area contributed by atoms with Gasteiger partial charge in [0, 0.05) is 6.04 Å². The summed E-state index contributed by atoms with van der Waals surface area (Å²) >= 11 is 0. The highest BCUT2D eigenvalue weighted by Gasteiger charge is 2.28. The zero-order valence-corrected chi connectivity index (χ0v) is 14.5. The lowest BCUT2D eigenvalue weighted by Gasteiger charge is -2.34. The maximum absolute atomic E-state index is 12.1. The van der Waals surface area contributed by atoms with Crippen molar-refractivity contribution in [2.45, 2.75) is 53.0 Å². The molecule has 1 amide bonds. The van der Waals surface area contributed by atoms with Crippen LogP contribution in [0.3, 0.4) is 0 Å². The summed E-state index contributed by atoms with van der Waals surface area (Å²) in [6, 6.07) is 5.73. The van der Waals surface area contributed by atoms with Crippen molar-refractivity contribution in [3.8, 4) is 0 Å². The van der Waals surface area contributed by atoms with Crippen molar-refractivity contribution >= 4 is 11.9 Å². The van der Waals surface area contributed by atoms with E-state index in [1.165, 1.54) is 6.42 Å². The zero-order chi connectivity index (χ0) is 17.0. The van der Waals surface area contributed by atoms with Crippen LogP contribution in [-0.2, 0) is 9.53 Å². The monoisotopic (exact) mass is 317 g/mol. The summed E-state index contributed by atoms with van der Waals surface area (Å²) in [7, 11) is 0. The topological polar surface area (TPSA) is 55.4 Å². The van der Waals surface area contributed by atoms with E-state index in [9.17, 15) is 9.59 Å². The third-order valence-corrected chi connectivity index (χ3v) is 4.99. The first kappa shape index (κ1) is 17.5. The second kappa shape index (κ2) is 7.62. The van der Waals surface area contributed by atoms with E-state index in [2.05, 4.69) is 19.2 Å². The molecule has 4 nitrogen and oxygen atoms in total. The molecule has 1 aliphatic rings. The Morgan fingerprint density at radius 2 is 1.96 bits per heavy atom. The number of ether oxygens (including phenoxy) is 1. The van der Waals surface area contributed by atoms with Crippen LogP contribution in [0.5, 0.6) is 0 Å². The van der Waals surface area contributed by atoms with E-state index in [1.54, 1.807) is 6.07 Å². The highest BCUT2D eigenvalue weighted by atomic mass is 16.5. The Labute approximate surface area is 138 Å². The van der Waals surface area contributed by atoms with Crippen LogP contribution in [0.4, 0.5) is 0 Å². The van der Waals surface area contributed by atoms with Gasteiger partial charge in [0.1, 0.15) is 0 Å². The van der Waals surface area contributed by atoms with Crippen molar-refractivity contribution in [2.75, 3.05) is 6.61 Å². The van der Waals surface area contributed by atoms with Gasteiger partial charge in [-0.3, -0.25) is 4.79 Å². The Hall–Kier alpha value is -1.84. The van der Waals surface area contributed by atoms with Gasteiger partial charge < -0.3 is 10.1 Å². The van der Waals surface area contributed by atoms with Crippen LogP contribution in [0.15, 0.2) is 18.2 Å². The smallest absolute Gasteiger partial charge is 0.338 e. The Kier molecular flexibility index (Phi) is 5.80. The second-order valence-electron chi connectivity index (χ2n) is 6.84. The fraction of sp³-hybridized carbons (Fsp3) is 0.579. The molecule has 0 heterocycles. The van der Waals surface area contributed by atoms with E-state index in [-0.39, 0.29) is 18.6 Å². The van der Waals surface area contributed by atoms with E-state index < -0.39 is 5.97 Å². The van der Waals surface area contributed by atoms with Gasteiger partial charge in [-0.1, -0.05) is 44.4 Å². The molecule has 0 spiro atoms. The summed E-state index contributed by atoms with van der Waals surface area (Å²) in [5.41, 5.74) is 2.48. The average molecular weight is 317 g/mol. The van der Waals surface area contributed by atoms with Crippen LogP contribution >= 0.6 is 0 Å². The molecule has 2 rings (SSSR count). The van der Waals surface area contributed by atoms with E-state index in [0.717, 1.165) is 24.0 Å². The molecule has 0 aromatic heterocycles. The standard InChI is InChI=1S/C19H27NO3/c1-12-8-9-16(14(3)10-12)19(22)23-11-18(21)20-17-7-5-6-13(2)15(17)4/h8-10,13,15,17H,5-7,11H2,1-4H3,(H,20,21)/t13-,15+,17-/m1/s1. The highest BCUT2D eigenvalue weighted by Crippen LogP contribution is 2.29. The van der Waals surface area contributed by atoms with Crippen molar-refractivity contribution in [1.29, 1.82) is 0 Å². The van der Waals surface area contributed by atoms with Crippen LogP contribution in [0.25, 0.3) is 0 Å². The quantitative estimate of drug-likeness (QED) is 0.866. The summed E-state index contributed by atoms with van der Waals surface area (Å²) in [6.45, 7) is 8.03. The van der Waals surface area contributed by atoms with Crippen molar-refractivity contribution < 1.29 is 14.3 Å². The number of rotatable bonds is 4. The fourth-order valence-electron chi connectivity index (χ4n) is 3.29. The minimum atomic E-state index is -0.442. The Morgan fingerprint density at radius 3 is 2.65 bits per heavy atom. The molecule has 1 aliphatic carbocycles. The Balaban J connectivity index is 1.85. The third-order valence-electron chi connectivity index (χ3n) is 4.99. The summed E-state index contributed by atoms with van der Waals surface area (Å²) in [4.78, 5) is 24.1. The normalized spacial score (nSPS) is 24.1. The largest absolute Gasteiger partial charge is 0.452 e. The van der Waals surface area contributed by atoms with E-state index in [1.807, 2.05) is 26.0 Å². The number of aryl methyl sites for hydroxylation is 2. The lowest BCUT2D eigenvalue weighted by Crippen LogP contribution is -2.45. The first-order valence-electron chi connectivity index (χ1n) is 8.42. The number of carbonyl (C=O) groups is 2. The van der Waals surface area contributed by atoms with Crippen LogP contribution in [0, 0.1) is 25.7 Å². The summed E-state index contributed by atoms with van der Waals surface area (Å²) in [5, 5.41) is 3.01. The van der Waals surface area contributed by atoms with Crippen LogP contribution in [0.1, 0.15) is 54.6 Å². The molecule has 0 radical (unpaired) electrons. The highest BCUT2D eigenvalue weighted by molar-refractivity contribution is 5.92. The predicted molar refractivity (Wildman–Crippen MR) is 90.3 cm³/mol. The van der Waals surface area contributed by atoms with Gasteiger partial charge in [0.15, 0.2) is 6.61 Å². The molecule has 1 N–H and O–H groups in total. The first-order chi connectivity index (χ1) is 10.9. The number of hydrogen-bond donors (Lipinski definition) is 1. The first-order valence-corrected chi connectivity index (χ1v) is 8.42. The van der Waals surface area contributed by atoms with Gasteiger partial charge in [0.25, 0.3) is 5.91 Å². The molecule has 1 aromatic carbocycles. The molecule has 1 aromatic rings. The summed E-state index contributed by atoms with van der Waals surface area (Å²) in [6.07, 6.45) is 3.36. The number of carbonyl (C=O) groups excluding carboxylic acids is 2. The van der Waals surface area contributed by atoms with Crippen LogP contribution < -0.4 is 5.32 Å². The van der Waals surface area contributed by atoms with Gasteiger partial charge >= 0.3 is 5.97 Å². The molecule has 0 unspecified atom stereocenters. The van der Waals surface area contributed by atoms with E-state index >= 15 is 0 Å². The zero-order valence-electron chi connectivity index (χ0n) is 14.5. The SMILES string of the molecule is Cc1ccc(C(=O)OCC(=O)N[C@@H]2CCC[C@@H](C)[C@@H]2C)c(C)c1. The Morgan fingerprint density at radius 1 is 1.22 bits per heavy atom. The molecule has 0 aliphatic heterocycles. The van der Waals surface area contributed by atoms with E-state index in [4.69, 9.17) is 4.74 Å². The fourth-order valence-corrected chi connectivity index (χ4v) is 3.29. The number of benzene rings is 1.